The van der Waals surface area contributed by atoms with Crippen LogP contribution in [0.15, 0.2) is 11.0 Å². The lowest BCUT2D eigenvalue weighted by atomic mass is 10.1. The third-order valence-electron chi connectivity index (χ3n) is 4.29. The molecule has 2 atom stereocenters. The standard InChI is InChI=1S/C15H18ClFN4O/c1-8-5-3-4-6-21(13(8)17)14-10-7-18-12(16)9(2)11(10)19-15(22)20-14/h7-8,13H,3-6H2,1-2H3,(H,19,20,22). The fourth-order valence-electron chi connectivity index (χ4n) is 2.97. The Morgan fingerprint density at radius 1 is 1.45 bits per heavy atom. The molecule has 1 saturated heterocycles. The lowest BCUT2D eigenvalue weighted by molar-refractivity contribution is 0.234. The van der Waals surface area contributed by atoms with Gasteiger partial charge in [-0.1, -0.05) is 24.9 Å². The first-order valence-corrected chi connectivity index (χ1v) is 7.82. The van der Waals surface area contributed by atoms with Crippen LogP contribution in [0.4, 0.5) is 10.2 Å². The van der Waals surface area contributed by atoms with Crippen molar-refractivity contribution in [1.82, 2.24) is 15.0 Å². The van der Waals surface area contributed by atoms with E-state index in [0.29, 0.717) is 34.0 Å². The minimum absolute atomic E-state index is 0.0972. The molecule has 5 nitrogen and oxygen atoms in total. The predicted molar refractivity (Wildman–Crippen MR) is 85.2 cm³/mol. The zero-order chi connectivity index (χ0) is 15.9. The summed E-state index contributed by atoms with van der Waals surface area (Å²) in [5.74, 6) is 0.257. The van der Waals surface area contributed by atoms with Crippen LogP contribution in [-0.4, -0.2) is 27.8 Å². The van der Waals surface area contributed by atoms with Crippen molar-refractivity contribution >= 4 is 28.3 Å². The molecule has 7 heteroatoms. The maximum atomic E-state index is 14.8. The number of aromatic amines is 1. The van der Waals surface area contributed by atoms with Gasteiger partial charge in [0.1, 0.15) is 11.0 Å². The quantitative estimate of drug-likeness (QED) is 0.646. The van der Waals surface area contributed by atoms with E-state index in [2.05, 4.69) is 15.0 Å². The van der Waals surface area contributed by atoms with E-state index in [1.54, 1.807) is 18.0 Å². The molecule has 1 aliphatic heterocycles. The molecule has 0 radical (unpaired) electrons. The summed E-state index contributed by atoms with van der Waals surface area (Å²) < 4.78 is 14.8. The summed E-state index contributed by atoms with van der Waals surface area (Å²) in [5.41, 5.74) is 0.731. The number of aromatic nitrogens is 3. The van der Waals surface area contributed by atoms with Crippen LogP contribution >= 0.6 is 11.6 Å². The number of halogens is 2. The van der Waals surface area contributed by atoms with Crippen molar-refractivity contribution in [2.45, 2.75) is 39.4 Å². The Bertz CT molecular complexity index is 763. The van der Waals surface area contributed by atoms with Gasteiger partial charge >= 0.3 is 5.69 Å². The van der Waals surface area contributed by atoms with Crippen molar-refractivity contribution in [3.05, 3.63) is 27.4 Å². The minimum Gasteiger partial charge on any atom is -0.326 e. The number of nitrogens with zero attached hydrogens (tertiary/aromatic N) is 3. The molecule has 2 aromatic rings. The number of H-pyrrole nitrogens is 1. The van der Waals surface area contributed by atoms with Crippen LogP contribution in [0.1, 0.15) is 31.7 Å². The van der Waals surface area contributed by atoms with Gasteiger partial charge in [0.2, 0.25) is 0 Å². The number of hydrogen-bond acceptors (Lipinski definition) is 4. The van der Waals surface area contributed by atoms with Crippen LogP contribution in [0.25, 0.3) is 10.9 Å². The van der Waals surface area contributed by atoms with E-state index < -0.39 is 12.0 Å². The van der Waals surface area contributed by atoms with Crippen molar-refractivity contribution < 1.29 is 4.39 Å². The zero-order valence-electron chi connectivity index (χ0n) is 12.6. The molecular weight excluding hydrogens is 307 g/mol. The second kappa shape index (κ2) is 5.83. The van der Waals surface area contributed by atoms with Gasteiger partial charge in [-0.15, -0.1) is 0 Å². The van der Waals surface area contributed by atoms with Crippen molar-refractivity contribution in [2.75, 3.05) is 11.4 Å². The molecule has 0 spiro atoms. The Labute approximate surface area is 132 Å². The van der Waals surface area contributed by atoms with Gasteiger partial charge < -0.3 is 9.88 Å². The van der Waals surface area contributed by atoms with Crippen molar-refractivity contribution in [2.24, 2.45) is 5.92 Å². The molecule has 2 aromatic heterocycles. The Morgan fingerprint density at radius 2 is 2.23 bits per heavy atom. The number of hydrogen-bond donors (Lipinski definition) is 1. The number of fused-ring (bicyclic) bond motifs is 1. The van der Waals surface area contributed by atoms with E-state index in [1.165, 1.54) is 0 Å². The smallest absolute Gasteiger partial charge is 0.326 e. The average molecular weight is 325 g/mol. The molecule has 0 saturated carbocycles. The van der Waals surface area contributed by atoms with Crippen LogP contribution in [0.3, 0.4) is 0 Å². The van der Waals surface area contributed by atoms with E-state index >= 15 is 0 Å². The highest BCUT2D eigenvalue weighted by molar-refractivity contribution is 6.31. The van der Waals surface area contributed by atoms with E-state index in [4.69, 9.17) is 11.6 Å². The van der Waals surface area contributed by atoms with Crippen molar-refractivity contribution in [1.29, 1.82) is 0 Å². The van der Waals surface area contributed by atoms with Gasteiger partial charge in [0.05, 0.1) is 10.9 Å². The Morgan fingerprint density at radius 3 is 3.00 bits per heavy atom. The molecule has 3 rings (SSSR count). The van der Waals surface area contributed by atoms with Gasteiger partial charge in [-0.05, 0) is 19.8 Å². The van der Waals surface area contributed by atoms with Gasteiger partial charge in [-0.2, -0.15) is 4.98 Å². The second-order valence-electron chi connectivity index (χ2n) is 5.87. The molecular formula is C15H18ClFN4O. The molecule has 118 valence electrons. The predicted octanol–water partition coefficient (Wildman–Crippen LogP) is 3.20. The number of pyridine rings is 1. The first-order chi connectivity index (χ1) is 10.5. The summed E-state index contributed by atoms with van der Waals surface area (Å²) in [7, 11) is 0. The van der Waals surface area contributed by atoms with E-state index in [9.17, 15) is 9.18 Å². The fourth-order valence-corrected chi connectivity index (χ4v) is 3.11. The Balaban J connectivity index is 2.21. The highest BCUT2D eigenvalue weighted by Gasteiger charge is 2.29. The summed E-state index contributed by atoms with van der Waals surface area (Å²) >= 11 is 6.01. The van der Waals surface area contributed by atoms with Crippen LogP contribution < -0.4 is 10.6 Å². The molecule has 2 unspecified atom stereocenters. The lowest BCUT2D eigenvalue weighted by Gasteiger charge is -2.29. The van der Waals surface area contributed by atoms with Gasteiger partial charge in [-0.3, -0.25) is 0 Å². The topological polar surface area (TPSA) is 61.9 Å². The number of aryl methyl sites for hydroxylation is 1. The van der Waals surface area contributed by atoms with Gasteiger partial charge in [0.25, 0.3) is 0 Å². The first kappa shape index (κ1) is 15.2. The van der Waals surface area contributed by atoms with Gasteiger partial charge in [-0.25, -0.2) is 14.2 Å². The molecule has 0 aromatic carbocycles. The molecule has 1 aliphatic rings. The second-order valence-corrected chi connectivity index (χ2v) is 6.23. The third kappa shape index (κ3) is 2.56. The van der Waals surface area contributed by atoms with Crippen LogP contribution in [0, 0.1) is 12.8 Å². The maximum absolute atomic E-state index is 14.8. The summed E-state index contributed by atoms with van der Waals surface area (Å²) in [6.45, 7) is 4.20. The highest BCUT2D eigenvalue weighted by Crippen LogP contribution is 2.32. The van der Waals surface area contributed by atoms with E-state index in [-0.39, 0.29) is 5.92 Å². The van der Waals surface area contributed by atoms with Gasteiger partial charge in [0.15, 0.2) is 6.30 Å². The van der Waals surface area contributed by atoms with Crippen LogP contribution in [-0.2, 0) is 0 Å². The summed E-state index contributed by atoms with van der Waals surface area (Å²) in [5, 5.41) is 0.944. The molecule has 0 aliphatic carbocycles. The molecule has 1 fully saturated rings. The SMILES string of the molecule is Cc1c(Cl)ncc2c(N3CCCCC(C)C3F)nc(=O)[nH]c12. The Hall–Kier alpha value is -1.69. The summed E-state index contributed by atoms with van der Waals surface area (Å²) in [4.78, 5) is 24.3. The number of nitrogens with one attached hydrogen (secondary N) is 1. The molecule has 1 N–H and O–H groups in total. The zero-order valence-corrected chi connectivity index (χ0v) is 13.3. The summed E-state index contributed by atoms with van der Waals surface area (Å²) in [6, 6.07) is 0. The van der Waals surface area contributed by atoms with Crippen LogP contribution in [0.5, 0.6) is 0 Å². The molecule has 22 heavy (non-hydrogen) atoms. The van der Waals surface area contributed by atoms with Crippen molar-refractivity contribution in [3.8, 4) is 0 Å². The van der Waals surface area contributed by atoms with Crippen LogP contribution in [0.2, 0.25) is 5.15 Å². The number of anilines is 1. The van der Waals surface area contributed by atoms with E-state index in [1.807, 2.05) is 6.92 Å². The summed E-state index contributed by atoms with van der Waals surface area (Å²) in [6.07, 6.45) is 3.08. The third-order valence-corrected chi connectivity index (χ3v) is 4.67. The average Bonchev–Trinajstić information content (AvgIpc) is 2.65. The largest absolute Gasteiger partial charge is 0.347 e. The molecule has 0 bridgehead atoms. The van der Waals surface area contributed by atoms with Crippen molar-refractivity contribution in [3.63, 3.8) is 0 Å². The van der Waals surface area contributed by atoms with E-state index in [0.717, 1.165) is 19.3 Å². The Kier molecular flexibility index (Phi) is 4.04. The highest BCUT2D eigenvalue weighted by atomic mass is 35.5. The molecule has 3 heterocycles. The monoisotopic (exact) mass is 324 g/mol. The number of rotatable bonds is 1. The fraction of sp³-hybridized carbons (Fsp3) is 0.533. The first-order valence-electron chi connectivity index (χ1n) is 7.45. The maximum Gasteiger partial charge on any atom is 0.347 e. The number of alkyl halides is 1. The van der Waals surface area contributed by atoms with Gasteiger partial charge in [0, 0.05) is 24.2 Å². The normalized spacial score (nSPS) is 22.8. The molecule has 0 amide bonds. The minimum atomic E-state index is -1.16. The lowest BCUT2D eigenvalue weighted by Crippen LogP contribution is -2.37.